The van der Waals surface area contributed by atoms with E-state index < -0.39 is 11.8 Å². The molecule has 0 saturated heterocycles. The van der Waals surface area contributed by atoms with Crippen LogP contribution in [0.1, 0.15) is 25.6 Å². The maximum absolute atomic E-state index is 13.1. The molecule has 1 heterocycles. The van der Waals surface area contributed by atoms with E-state index in [2.05, 4.69) is 5.32 Å². The molecule has 0 fully saturated rings. The van der Waals surface area contributed by atoms with Gasteiger partial charge in [-0.05, 0) is 17.7 Å². The molecule has 7 N–H and O–H groups in total. The second kappa shape index (κ2) is 5.80. The van der Waals surface area contributed by atoms with Gasteiger partial charge >= 0.3 is 0 Å². The van der Waals surface area contributed by atoms with E-state index in [0.717, 1.165) is 11.3 Å². The van der Waals surface area contributed by atoms with Crippen LogP contribution in [0.4, 0.5) is 15.1 Å². The molecule has 21 heavy (non-hydrogen) atoms. The number of nitrogen functional groups attached to an aromatic ring is 1. The molecule has 0 atom stereocenters. The first kappa shape index (κ1) is 14.8. The van der Waals surface area contributed by atoms with Gasteiger partial charge < -0.3 is 22.5 Å². The van der Waals surface area contributed by atoms with Gasteiger partial charge in [0.15, 0.2) is 0 Å². The van der Waals surface area contributed by atoms with Crippen molar-refractivity contribution in [1.82, 2.24) is 0 Å². The molecule has 1 aromatic carbocycles. The van der Waals surface area contributed by atoms with Gasteiger partial charge in [-0.25, -0.2) is 4.39 Å². The maximum atomic E-state index is 13.1. The Morgan fingerprint density at radius 3 is 2.52 bits per heavy atom. The number of nitrogens with two attached hydrogens (primary N) is 3. The minimum atomic E-state index is -0.766. The summed E-state index contributed by atoms with van der Waals surface area (Å²) in [6, 6.07) is 5.96. The molecule has 8 heteroatoms. The lowest BCUT2D eigenvalue weighted by atomic mass is 10.2. The van der Waals surface area contributed by atoms with Gasteiger partial charge in [-0.1, -0.05) is 12.1 Å². The van der Waals surface area contributed by atoms with E-state index in [1.807, 2.05) is 0 Å². The number of hydrogen-bond donors (Lipinski definition) is 4. The number of nitrogens with one attached hydrogen (secondary N) is 1. The lowest BCUT2D eigenvalue weighted by Crippen LogP contribution is -2.16. The summed E-state index contributed by atoms with van der Waals surface area (Å²) in [6.45, 7) is 0.246. The van der Waals surface area contributed by atoms with Crippen LogP contribution in [0.15, 0.2) is 24.3 Å². The van der Waals surface area contributed by atoms with Crippen LogP contribution in [0.2, 0.25) is 0 Å². The predicted octanol–water partition coefficient (Wildman–Crippen LogP) is 1.28. The van der Waals surface area contributed by atoms with Crippen molar-refractivity contribution in [3.05, 3.63) is 46.1 Å². The van der Waals surface area contributed by atoms with Crippen LogP contribution in [0, 0.1) is 5.82 Å². The topological polar surface area (TPSA) is 124 Å². The standard InChI is InChI=1S/C13H13FN4O2S/c14-7-3-1-2-6(4-7)5-18-13-8(11(16)19)9(15)10(21-13)12(17)20/h1-4,18H,5,15H2,(H2,16,19)(H2,17,20). The van der Waals surface area contributed by atoms with Gasteiger partial charge in [0.25, 0.3) is 11.8 Å². The Labute approximate surface area is 123 Å². The van der Waals surface area contributed by atoms with Gasteiger partial charge in [-0.3, -0.25) is 9.59 Å². The molecule has 6 nitrogen and oxygen atoms in total. The number of amides is 2. The first-order chi connectivity index (χ1) is 9.90. The normalized spacial score (nSPS) is 10.3. The zero-order valence-electron chi connectivity index (χ0n) is 10.9. The summed E-state index contributed by atoms with van der Waals surface area (Å²) < 4.78 is 13.1. The molecule has 2 rings (SSSR count). The molecule has 0 aliphatic heterocycles. The van der Waals surface area contributed by atoms with Gasteiger partial charge in [-0.2, -0.15) is 0 Å². The fourth-order valence-corrected chi connectivity index (χ4v) is 2.80. The number of carbonyl (C=O) groups excluding carboxylic acids is 2. The Balaban J connectivity index is 2.29. The smallest absolute Gasteiger partial charge is 0.260 e. The van der Waals surface area contributed by atoms with Crippen molar-refractivity contribution < 1.29 is 14.0 Å². The number of benzene rings is 1. The van der Waals surface area contributed by atoms with Crippen molar-refractivity contribution in [2.45, 2.75) is 6.54 Å². The number of thiophene rings is 1. The zero-order chi connectivity index (χ0) is 15.6. The van der Waals surface area contributed by atoms with Gasteiger partial charge in [0.1, 0.15) is 15.7 Å². The van der Waals surface area contributed by atoms with E-state index in [4.69, 9.17) is 17.2 Å². The molecule has 1 aromatic heterocycles. The number of rotatable bonds is 5. The largest absolute Gasteiger partial charge is 0.397 e. The molecular weight excluding hydrogens is 295 g/mol. The molecule has 0 aliphatic rings. The van der Waals surface area contributed by atoms with Gasteiger partial charge in [-0.15, -0.1) is 11.3 Å². The molecule has 110 valence electrons. The summed E-state index contributed by atoms with van der Waals surface area (Å²) in [5.74, 6) is -1.87. The van der Waals surface area contributed by atoms with Crippen LogP contribution in [0.3, 0.4) is 0 Å². The van der Waals surface area contributed by atoms with Gasteiger partial charge in [0.05, 0.1) is 11.3 Å². The number of primary amides is 2. The van der Waals surface area contributed by atoms with Crippen LogP contribution >= 0.6 is 11.3 Å². The van der Waals surface area contributed by atoms with Crippen molar-refractivity contribution in [3.8, 4) is 0 Å². The predicted molar refractivity (Wildman–Crippen MR) is 79.5 cm³/mol. The first-order valence-corrected chi connectivity index (χ1v) is 6.72. The summed E-state index contributed by atoms with van der Waals surface area (Å²) in [4.78, 5) is 22.8. The molecule has 0 unspecified atom stereocenters. The van der Waals surface area contributed by atoms with Crippen LogP contribution < -0.4 is 22.5 Å². The van der Waals surface area contributed by atoms with E-state index in [1.54, 1.807) is 12.1 Å². The Kier molecular flexibility index (Phi) is 4.08. The number of hydrogen-bond acceptors (Lipinski definition) is 5. The van der Waals surface area contributed by atoms with Gasteiger partial charge in [0.2, 0.25) is 0 Å². The highest BCUT2D eigenvalue weighted by Gasteiger charge is 2.22. The zero-order valence-corrected chi connectivity index (χ0v) is 11.7. The van der Waals surface area contributed by atoms with Gasteiger partial charge in [0, 0.05) is 6.54 Å². The summed E-state index contributed by atoms with van der Waals surface area (Å²) in [7, 11) is 0. The summed E-state index contributed by atoms with van der Waals surface area (Å²) in [6.07, 6.45) is 0. The van der Waals surface area contributed by atoms with Crippen molar-refractivity contribution in [3.63, 3.8) is 0 Å². The molecule has 0 radical (unpaired) electrons. The maximum Gasteiger partial charge on any atom is 0.260 e. The molecule has 0 bridgehead atoms. The van der Waals surface area contributed by atoms with E-state index in [0.29, 0.717) is 10.6 Å². The fourth-order valence-electron chi connectivity index (χ4n) is 1.83. The van der Waals surface area contributed by atoms with Crippen LogP contribution in [-0.2, 0) is 6.54 Å². The summed E-state index contributed by atoms with van der Waals surface area (Å²) in [5.41, 5.74) is 16.8. The third-order valence-corrected chi connectivity index (χ3v) is 3.94. The second-order valence-corrected chi connectivity index (χ2v) is 5.28. The van der Waals surface area contributed by atoms with Crippen molar-refractivity contribution >= 4 is 33.8 Å². The van der Waals surface area contributed by atoms with E-state index in [-0.39, 0.29) is 28.5 Å². The quantitative estimate of drug-likeness (QED) is 0.664. The molecule has 2 amide bonds. The average molecular weight is 308 g/mol. The lowest BCUT2D eigenvalue weighted by molar-refractivity contribution is 0.0999. The lowest BCUT2D eigenvalue weighted by Gasteiger charge is -2.06. The van der Waals surface area contributed by atoms with E-state index >= 15 is 0 Å². The van der Waals surface area contributed by atoms with Crippen molar-refractivity contribution in [1.29, 1.82) is 0 Å². The first-order valence-electron chi connectivity index (χ1n) is 5.90. The third-order valence-electron chi connectivity index (χ3n) is 2.76. The Bertz CT molecular complexity index is 714. The molecule has 0 spiro atoms. The van der Waals surface area contributed by atoms with Crippen LogP contribution in [-0.4, -0.2) is 11.8 Å². The highest BCUT2D eigenvalue weighted by molar-refractivity contribution is 7.19. The third kappa shape index (κ3) is 3.11. The molecule has 2 aromatic rings. The number of anilines is 2. The van der Waals surface area contributed by atoms with Crippen molar-refractivity contribution in [2.75, 3.05) is 11.1 Å². The molecule has 0 aliphatic carbocycles. The molecule has 0 saturated carbocycles. The Morgan fingerprint density at radius 2 is 1.95 bits per heavy atom. The highest BCUT2D eigenvalue weighted by atomic mass is 32.1. The van der Waals surface area contributed by atoms with E-state index in [1.165, 1.54) is 12.1 Å². The van der Waals surface area contributed by atoms with Crippen LogP contribution in [0.25, 0.3) is 0 Å². The van der Waals surface area contributed by atoms with Crippen LogP contribution in [0.5, 0.6) is 0 Å². The molecular formula is C13H13FN4O2S. The Morgan fingerprint density at radius 1 is 1.24 bits per heavy atom. The monoisotopic (exact) mass is 308 g/mol. The number of carbonyl (C=O) groups is 2. The minimum absolute atomic E-state index is 0.0187. The summed E-state index contributed by atoms with van der Waals surface area (Å²) >= 11 is 0.941. The second-order valence-electron chi connectivity index (χ2n) is 4.26. The van der Waals surface area contributed by atoms with E-state index in [9.17, 15) is 14.0 Å². The highest BCUT2D eigenvalue weighted by Crippen LogP contribution is 2.35. The van der Waals surface area contributed by atoms with Crippen molar-refractivity contribution in [2.24, 2.45) is 11.5 Å². The average Bonchev–Trinajstić information content (AvgIpc) is 2.73. The fraction of sp³-hybridized carbons (Fsp3) is 0.0769. The number of halogens is 1. The SMILES string of the molecule is NC(=O)c1sc(NCc2cccc(F)c2)c(C(N)=O)c1N. The minimum Gasteiger partial charge on any atom is -0.397 e. The summed E-state index contributed by atoms with van der Waals surface area (Å²) in [5, 5.41) is 3.25. The Hall–Kier alpha value is -2.61.